The van der Waals surface area contributed by atoms with Gasteiger partial charge in [0.15, 0.2) is 5.82 Å². The highest BCUT2D eigenvalue weighted by molar-refractivity contribution is 5.87. The fraction of sp³-hybridized carbons (Fsp3) is 0.235. The summed E-state index contributed by atoms with van der Waals surface area (Å²) in [7, 11) is 1.55. The number of ether oxygens (including phenoxy) is 1. The molecule has 7 heteroatoms. The monoisotopic (exact) mass is 324 g/mol. The van der Waals surface area contributed by atoms with E-state index >= 15 is 0 Å². The molecule has 0 aliphatic heterocycles. The molecule has 1 heterocycles. The van der Waals surface area contributed by atoms with E-state index in [0.717, 1.165) is 11.3 Å². The van der Waals surface area contributed by atoms with Crippen LogP contribution in [0.5, 0.6) is 0 Å². The van der Waals surface area contributed by atoms with E-state index in [-0.39, 0.29) is 17.9 Å². The van der Waals surface area contributed by atoms with Crippen LogP contribution in [0, 0.1) is 18.3 Å². The van der Waals surface area contributed by atoms with Crippen LogP contribution in [0.3, 0.4) is 0 Å². The first kappa shape index (κ1) is 17.2. The van der Waals surface area contributed by atoms with E-state index in [4.69, 9.17) is 9.84 Å². The third-order valence-corrected chi connectivity index (χ3v) is 3.24. The fourth-order valence-corrected chi connectivity index (χ4v) is 2.12. The number of hydrogen-bond donors (Lipinski definition) is 1. The molecule has 122 valence electrons. The van der Waals surface area contributed by atoms with Crippen molar-refractivity contribution in [3.8, 4) is 6.07 Å². The minimum Gasteiger partial charge on any atom is -0.478 e. The molecule has 2 rings (SSSR count). The summed E-state index contributed by atoms with van der Waals surface area (Å²) in [5.74, 6) is -0.719. The van der Waals surface area contributed by atoms with Crippen molar-refractivity contribution in [1.82, 2.24) is 4.98 Å². The van der Waals surface area contributed by atoms with Crippen molar-refractivity contribution in [3.05, 3.63) is 58.3 Å². The second kappa shape index (κ2) is 7.94. The van der Waals surface area contributed by atoms with Crippen molar-refractivity contribution in [2.75, 3.05) is 7.11 Å². The van der Waals surface area contributed by atoms with E-state index in [9.17, 15) is 10.1 Å². The molecule has 7 nitrogen and oxygen atoms in total. The first-order valence-electron chi connectivity index (χ1n) is 7.14. The lowest BCUT2D eigenvalue weighted by Crippen LogP contribution is -1.97. The standard InChI is InChI=1S/C17H16N4O3/c1-11-7-14(10-24-2)15(8-18)16(20-11)21-19-9-12-3-5-13(6-4-12)17(22)23/h3-7H,9-10H2,1-2H3,(H,22,23). The van der Waals surface area contributed by atoms with Crippen molar-refractivity contribution in [1.29, 1.82) is 5.26 Å². The number of pyridine rings is 1. The summed E-state index contributed by atoms with van der Waals surface area (Å²) in [6.45, 7) is 2.37. The van der Waals surface area contributed by atoms with E-state index < -0.39 is 5.97 Å². The van der Waals surface area contributed by atoms with Crippen molar-refractivity contribution >= 4 is 11.8 Å². The Morgan fingerprint density at radius 2 is 2.08 bits per heavy atom. The summed E-state index contributed by atoms with van der Waals surface area (Å²) >= 11 is 0. The highest BCUT2D eigenvalue weighted by Crippen LogP contribution is 2.22. The zero-order chi connectivity index (χ0) is 17.5. The molecule has 1 N–H and O–H groups in total. The average Bonchev–Trinajstić information content (AvgIpc) is 2.55. The van der Waals surface area contributed by atoms with Gasteiger partial charge in [0.25, 0.3) is 0 Å². The molecule has 0 aliphatic rings. The molecule has 0 saturated heterocycles. The Morgan fingerprint density at radius 1 is 1.38 bits per heavy atom. The number of carbonyl (C=O) groups is 1. The van der Waals surface area contributed by atoms with Crippen LogP contribution in [0.25, 0.3) is 0 Å². The number of nitriles is 1. The van der Waals surface area contributed by atoms with Crippen LogP contribution in [0.4, 0.5) is 5.82 Å². The molecule has 0 fully saturated rings. The highest BCUT2D eigenvalue weighted by atomic mass is 16.5. The average molecular weight is 324 g/mol. The van der Waals surface area contributed by atoms with Crippen LogP contribution in [-0.2, 0) is 17.9 Å². The van der Waals surface area contributed by atoms with Gasteiger partial charge in [0, 0.05) is 18.4 Å². The zero-order valence-corrected chi connectivity index (χ0v) is 13.4. The van der Waals surface area contributed by atoms with Gasteiger partial charge in [0.2, 0.25) is 0 Å². The van der Waals surface area contributed by atoms with Gasteiger partial charge in [0.1, 0.15) is 11.6 Å². The molecule has 0 aliphatic carbocycles. The first-order valence-corrected chi connectivity index (χ1v) is 7.14. The van der Waals surface area contributed by atoms with Crippen molar-refractivity contribution in [2.24, 2.45) is 10.2 Å². The van der Waals surface area contributed by atoms with Gasteiger partial charge in [-0.3, -0.25) is 0 Å². The lowest BCUT2D eigenvalue weighted by molar-refractivity contribution is 0.0697. The number of benzene rings is 1. The van der Waals surface area contributed by atoms with Crippen LogP contribution >= 0.6 is 0 Å². The lowest BCUT2D eigenvalue weighted by atomic mass is 10.1. The summed E-state index contributed by atoms with van der Waals surface area (Å²) in [4.78, 5) is 15.0. The topological polar surface area (TPSA) is 108 Å². The molecule has 24 heavy (non-hydrogen) atoms. The Labute approximate surface area is 139 Å². The quantitative estimate of drug-likeness (QED) is 0.819. The Kier molecular flexibility index (Phi) is 5.71. The van der Waals surface area contributed by atoms with Crippen LogP contribution in [-0.4, -0.2) is 23.2 Å². The number of carboxylic acid groups (broad SMARTS) is 1. The molecule has 0 radical (unpaired) electrons. The van der Waals surface area contributed by atoms with Crippen molar-refractivity contribution in [3.63, 3.8) is 0 Å². The Balaban J connectivity index is 2.19. The minimum atomic E-state index is -0.975. The van der Waals surface area contributed by atoms with Crippen LogP contribution in [0.2, 0.25) is 0 Å². The van der Waals surface area contributed by atoms with Gasteiger partial charge in [-0.05, 0) is 30.7 Å². The maximum Gasteiger partial charge on any atom is 0.335 e. The summed E-state index contributed by atoms with van der Waals surface area (Å²) in [5.41, 5.74) is 2.81. The SMILES string of the molecule is COCc1cc(C)nc(N=NCc2ccc(C(=O)O)cc2)c1C#N. The van der Waals surface area contributed by atoms with E-state index in [1.807, 2.05) is 6.92 Å². The lowest BCUT2D eigenvalue weighted by Gasteiger charge is -2.06. The second-order valence-corrected chi connectivity index (χ2v) is 5.07. The summed E-state index contributed by atoms with van der Waals surface area (Å²) in [6.07, 6.45) is 0. The molecule has 0 saturated carbocycles. The molecule has 0 spiro atoms. The summed E-state index contributed by atoms with van der Waals surface area (Å²) in [6, 6.07) is 10.2. The highest BCUT2D eigenvalue weighted by Gasteiger charge is 2.11. The molecular weight excluding hydrogens is 308 g/mol. The predicted molar refractivity (Wildman–Crippen MR) is 86.0 cm³/mol. The predicted octanol–water partition coefficient (Wildman–Crippen LogP) is 3.39. The molecule has 1 aromatic carbocycles. The van der Waals surface area contributed by atoms with Gasteiger partial charge >= 0.3 is 5.97 Å². The molecule has 2 aromatic rings. The number of aryl methyl sites for hydroxylation is 1. The van der Waals surface area contributed by atoms with E-state index in [2.05, 4.69) is 21.3 Å². The smallest absolute Gasteiger partial charge is 0.335 e. The molecule has 0 bridgehead atoms. The van der Waals surface area contributed by atoms with Gasteiger partial charge in [0.05, 0.1) is 18.7 Å². The summed E-state index contributed by atoms with van der Waals surface area (Å²) in [5, 5.41) is 26.3. The maximum atomic E-state index is 10.8. The van der Waals surface area contributed by atoms with Crippen molar-refractivity contribution < 1.29 is 14.6 Å². The van der Waals surface area contributed by atoms with Crippen molar-refractivity contribution in [2.45, 2.75) is 20.1 Å². The number of hydrogen-bond acceptors (Lipinski definition) is 6. The number of carboxylic acids is 1. The number of nitrogens with zero attached hydrogens (tertiary/aromatic N) is 4. The summed E-state index contributed by atoms with van der Waals surface area (Å²) < 4.78 is 5.09. The Morgan fingerprint density at radius 3 is 2.67 bits per heavy atom. The fourth-order valence-electron chi connectivity index (χ4n) is 2.12. The second-order valence-electron chi connectivity index (χ2n) is 5.07. The number of rotatable bonds is 6. The number of methoxy groups -OCH3 is 1. The molecule has 0 unspecified atom stereocenters. The third-order valence-electron chi connectivity index (χ3n) is 3.24. The maximum absolute atomic E-state index is 10.8. The molecular formula is C17H16N4O3. The molecule has 0 atom stereocenters. The van der Waals surface area contributed by atoms with Gasteiger partial charge in [-0.2, -0.15) is 10.4 Å². The van der Waals surface area contributed by atoms with Crippen LogP contribution in [0.15, 0.2) is 40.6 Å². The number of aromatic nitrogens is 1. The Hall–Kier alpha value is -3.11. The van der Waals surface area contributed by atoms with Gasteiger partial charge in [-0.1, -0.05) is 12.1 Å². The number of azo groups is 1. The molecule has 0 amide bonds. The van der Waals surface area contributed by atoms with Gasteiger partial charge in [-0.25, -0.2) is 9.78 Å². The third kappa shape index (κ3) is 4.21. The van der Waals surface area contributed by atoms with Gasteiger partial charge < -0.3 is 9.84 Å². The largest absolute Gasteiger partial charge is 0.478 e. The van der Waals surface area contributed by atoms with E-state index in [1.54, 1.807) is 25.3 Å². The minimum absolute atomic E-state index is 0.215. The van der Waals surface area contributed by atoms with Crippen LogP contribution < -0.4 is 0 Å². The van der Waals surface area contributed by atoms with E-state index in [1.165, 1.54) is 12.1 Å². The number of aromatic carboxylic acids is 1. The normalized spacial score (nSPS) is 10.7. The van der Waals surface area contributed by atoms with E-state index in [0.29, 0.717) is 17.7 Å². The van der Waals surface area contributed by atoms with Gasteiger partial charge in [-0.15, -0.1) is 5.11 Å². The zero-order valence-electron chi connectivity index (χ0n) is 13.4. The first-order chi connectivity index (χ1) is 11.5. The molecule has 1 aromatic heterocycles. The Bertz CT molecular complexity index is 808. The van der Waals surface area contributed by atoms with Crippen LogP contribution in [0.1, 0.15) is 32.7 Å².